The monoisotopic (exact) mass is 392 g/mol. The number of aromatic nitrogens is 2. The molecule has 1 aliphatic carbocycles. The number of benzene rings is 1. The van der Waals surface area contributed by atoms with Gasteiger partial charge in [-0.3, -0.25) is 9.69 Å². The van der Waals surface area contributed by atoms with Gasteiger partial charge in [0.25, 0.3) is 5.91 Å². The minimum absolute atomic E-state index is 0.100. The van der Waals surface area contributed by atoms with Gasteiger partial charge in [-0.05, 0) is 53.8 Å². The average molecular weight is 393 g/mol. The Hall–Kier alpha value is -2.44. The number of para-hydroxylation sites is 1. The molecule has 5 rings (SSSR count). The lowest BCUT2D eigenvalue weighted by Gasteiger charge is -2.34. The van der Waals surface area contributed by atoms with Crippen LogP contribution in [0, 0.1) is 0 Å². The van der Waals surface area contributed by atoms with E-state index >= 15 is 0 Å². The van der Waals surface area contributed by atoms with Crippen molar-refractivity contribution in [3.05, 3.63) is 69.7 Å². The van der Waals surface area contributed by atoms with Crippen LogP contribution >= 0.6 is 11.3 Å². The van der Waals surface area contributed by atoms with Crippen molar-refractivity contribution in [2.24, 2.45) is 0 Å². The first-order chi connectivity index (χ1) is 13.8. The number of carbonyl (C=O) groups excluding carboxylic acids is 1. The van der Waals surface area contributed by atoms with Crippen LogP contribution in [0.5, 0.6) is 0 Å². The van der Waals surface area contributed by atoms with E-state index in [0.717, 1.165) is 63.2 Å². The van der Waals surface area contributed by atoms with Crippen LogP contribution in [0.1, 0.15) is 33.7 Å². The molecule has 28 heavy (non-hydrogen) atoms. The lowest BCUT2D eigenvalue weighted by atomic mass is 10.1. The quantitative estimate of drug-likeness (QED) is 0.684. The van der Waals surface area contributed by atoms with Gasteiger partial charge in [0, 0.05) is 44.0 Å². The predicted octanol–water partition coefficient (Wildman–Crippen LogP) is 3.38. The fourth-order valence-electron chi connectivity index (χ4n) is 4.29. The van der Waals surface area contributed by atoms with Gasteiger partial charge in [0.05, 0.1) is 5.69 Å². The van der Waals surface area contributed by atoms with Crippen molar-refractivity contribution in [3.8, 4) is 5.69 Å². The van der Waals surface area contributed by atoms with Crippen molar-refractivity contribution in [2.75, 3.05) is 26.2 Å². The molecule has 0 spiro atoms. The molecule has 144 valence electrons. The second kappa shape index (κ2) is 7.53. The van der Waals surface area contributed by atoms with E-state index in [2.05, 4.69) is 33.9 Å². The standard InChI is InChI=1S/C22H24N4OS/c27-22(25-12-10-24(11-13-25)15-17-9-14-28-16-17)21-19-7-4-8-20(19)26(23-21)18-5-2-1-3-6-18/h1-3,5-6,9,14,16H,4,7-8,10-13,15H2. The minimum atomic E-state index is 0.100. The van der Waals surface area contributed by atoms with E-state index in [9.17, 15) is 4.79 Å². The molecular formula is C22H24N4OS. The highest BCUT2D eigenvalue weighted by molar-refractivity contribution is 7.07. The first-order valence-corrected chi connectivity index (χ1v) is 10.9. The number of hydrogen-bond acceptors (Lipinski definition) is 4. The Morgan fingerprint density at radius 3 is 2.61 bits per heavy atom. The summed E-state index contributed by atoms with van der Waals surface area (Å²) in [6.45, 7) is 4.36. The lowest BCUT2D eigenvalue weighted by molar-refractivity contribution is 0.0621. The van der Waals surface area contributed by atoms with Gasteiger partial charge in [0.2, 0.25) is 0 Å². The molecule has 2 aliphatic rings. The molecule has 2 aromatic heterocycles. The summed E-state index contributed by atoms with van der Waals surface area (Å²) in [7, 11) is 0. The van der Waals surface area contributed by atoms with E-state index in [1.807, 2.05) is 27.8 Å². The normalized spacial score (nSPS) is 17.1. The SMILES string of the molecule is O=C(c1nn(-c2ccccc2)c2c1CCC2)N1CCN(Cc2ccsc2)CC1. The number of amides is 1. The summed E-state index contributed by atoms with van der Waals surface area (Å²) in [6.07, 6.45) is 3.06. The molecule has 0 atom stereocenters. The summed E-state index contributed by atoms with van der Waals surface area (Å²) in [5.74, 6) is 0.100. The highest BCUT2D eigenvalue weighted by atomic mass is 32.1. The van der Waals surface area contributed by atoms with E-state index in [-0.39, 0.29) is 5.91 Å². The Morgan fingerprint density at radius 1 is 1.04 bits per heavy atom. The van der Waals surface area contributed by atoms with Crippen LogP contribution in [0.4, 0.5) is 0 Å². The zero-order valence-electron chi connectivity index (χ0n) is 15.9. The number of piperazine rings is 1. The Balaban J connectivity index is 1.32. The molecular weight excluding hydrogens is 368 g/mol. The van der Waals surface area contributed by atoms with Crippen LogP contribution < -0.4 is 0 Å². The summed E-state index contributed by atoms with van der Waals surface area (Å²) >= 11 is 1.74. The summed E-state index contributed by atoms with van der Waals surface area (Å²) in [5, 5.41) is 9.10. The van der Waals surface area contributed by atoms with Gasteiger partial charge < -0.3 is 4.90 Å². The fourth-order valence-corrected chi connectivity index (χ4v) is 4.95. The van der Waals surface area contributed by atoms with Crippen molar-refractivity contribution in [1.82, 2.24) is 19.6 Å². The van der Waals surface area contributed by atoms with Crippen LogP contribution in [-0.4, -0.2) is 51.7 Å². The first kappa shape index (κ1) is 17.6. The van der Waals surface area contributed by atoms with Gasteiger partial charge in [-0.2, -0.15) is 16.4 Å². The molecule has 5 nitrogen and oxygen atoms in total. The largest absolute Gasteiger partial charge is 0.335 e. The first-order valence-electron chi connectivity index (χ1n) is 9.98. The zero-order chi connectivity index (χ0) is 18.9. The molecule has 6 heteroatoms. The smallest absolute Gasteiger partial charge is 0.274 e. The fraction of sp³-hybridized carbons (Fsp3) is 0.364. The Bertz CT molecular complexity index is 956. The molecule has 1 aliphatic heterocycles. The third kappa shape index (κ3) is 3.27. The van der Waals surface area contributed by atoms with Crippen LogP contribution in [0.2, 0.25) is 0 Å². The number of carbonyl (C=O) groups is 1. The molecule has 1 fully saturated rings. The van der Waals surface area contributed by atoms with Crippen LogP contribution in [0.25, 0.3) is 5.69 Å². The average Bonchev–Trinajstić information content (AvgIpc) is 3.47. The number of rotatable bonds is 4. The molecule has 0 radical (unpaired) electrons. The molecule has 3 heterocycles. The van der Waals surface area contributed by atoms with E-state index in [4.69, 9.17) is 5.10 Å². The Labute approximate surface area is 169 Å². The molecule has 3 aromatic rings. The maximum atomic E-state index is 13.3. The van der Waals surface area contributed by atoms with Crippen LogP contribution in [0.15, 0.2) is 47.2 Å². The molecule has 1 saturated heterocycles. The van der Waals surface area contributed by atoms with Crippen molar-refractivity contribution < 1.29 is 4.79 Å². The Kier molecular flexibility index (Phi) is 4.74. The van der Waals surface area contributed by atoms with Crippen LogP contribution in [-0.2, 0) is 19.4 Å². The van der Waals surface area contributed by atoms with E-state index in [1.165, 1.54) is 11.3 Å². The highest BCUT2D eigenvalue weighted by Gasteiger charge is 2.31. The minimum Gasteiger partial charge on any atom is -0.335 e. The van der Waals surface area contributed by atoms with Gasteiger partial charge in [-0.1, -0.05) is 18.2 Å². The van der Waals surface area contributed by atoms with Crippen molar-refractivity contribution in [1.29, 1.82) is 0 Å². The third-order valence-electron chi connectivity index (χ3n) is 5.78. The lowest BCUT2D eigenvalue weighted by Crippen LogP contribution is -2.48. The molecule has 0 saturated carbocycles. The molecule has 1 aromatic carbocycles. The number of hydrogen-bond donors (Lipinski definition) is 0. The number of thiophene rings is 1. The number of fused-ring (bicyclic) bond motifs is 1. The highest BCUT2D eigenvalue weighted by Crippen LogP contribution is 2.28. The van der Waals surface area contributed by atoms with Crippen LogP contribution in [0.3, 0.4) is 0 Å². The summed E-state index contributed by atoms with van der Waals surface area (Å²) in [6, 6.07) is 12.3. The van der Waals surface area contributed by atoms with E-state index in [0.29, 0.717) is 5.69 Å². The summed E-state index contributed by atoms with van der Waals surface area (Å²) in [5.41, 5.74) is 5.45. The topological polar surface area (TPSA) is 41.4 Å². The van der Waals surface area contributed by atoms with Gasteiger partial charge in [-0.25, -0.2) is 4.68 Å². The van der Waals surface area contributed by atoms with Crippen molar-refractivity contribution in [2.45, 2.75) is 25.8 Å². The van der Waals surface area contributed by atoms with Crippen molar-refractivity contribution >= 4 is 17.2 Å². The van der Waals surface area contributed by atoms with E-state index in [1.54, 1.807) is 11.3 Å². The third-order valence-corrected chi connectivity index (χ3v) is 6.51. The van der Waals surface area contributed by atoms with Gasteiger partial charge in [0.15, 0.2) is 5.69 Å². The van der Waals surface area contributed by atoms with E-state index < -0.39 is 0 Å². The summed E-state index contributed by atoms with van der Waals surface area (Å²) < 4.78 is 1.99. The molecule has 0 unspecified atom stereocenters. The maximum Gasteiger partial charge on any atom is 0.274 e. The molecule has 1 amide bonds. The zero-order valence-corrected chi connectivity index (χ0v) is 16.7. The maximum absolute atomic E-state index is 13.3. The van der Waals surface area contributed by atoms with Gasteiger partial charge in [0.1, 0.15) is 0 Å². The van der Waals surface area contributed by atoms with Crippen molar-refractivity contribution in [3.63, 3.8) is 0 Å². The molecule has 0 N–H and O–H groups in total. The second-order valence-electron chi connectivity index (χ2n) is 7.57. The van der Waals surface area contributed by atoms with Gasteiger partial charge in [-0.15, -0.1) is 0 Å². The number of nitrogens with zero attached hydrogens (tertiary/aromatic N) is 4. The summed E-state index contributed by atoms with van der Waals surface area (Å²) in [4.78, 5) is 17.7. The Morgan fingerprint density at radius 2 is 1.86 bits per heavy atom. The predicted molar refractivity (Wildman–Crippen MR) is 111 cm³/mol. The van der Waals surface area contributed by atoms with Gasteiger partial charge >= 0.3 is 0 Å². The second-order valence-corrected chi connectivity index (χ2v) is 8.35. The molecule has 0 bridgehead atoms.